The Bertz CT molecular complexity index is 525. The summed E-state index contributed by atoms with van der Waals surface area (Å²) in [5, 5.41) is 0. The molecule has 2 N–H and O–H groups in total. The lowest BCUT2D eigenvalue weighted by molar-refractivity contribution is 0.312. The van der Waals surface area contributed by atoms with Gasteiger partial charge in [0.2, 0.25) is 5.95 Å². The Balaban J connectivity index is 2.36. The quantitative estimate of drug-likeness (QED) is 0.891. The van der Waals surface area contributed by atoms with Crippen molar-refractivity contribution >= 4 is 5.95 Å². The molecule has 1 heterocycles. The van der Waals surface area contributed by atoms with Crippen LogP contribution in [0.2, 0.25) is 0 Å². The first-order valence-electron chi connectivity index (χ1n) is 5.96. The smallest absolute Gasteiger partial charge is 0.321 e. The first-order chi connectivity index (χ1) is 8.72. The summed E-state index contributed by atoms with van der Waals surface area (Å²) >= 11 is 0. The van der Waals surface area contributed by atoms with Crippen molar-refractivity contribution in [1.29, 1.82) is 0 Å². The van der Waals surface area contributed by atoms with Crippen LogP contribution < -0.4 is 10.5 Å². The number of nitrogens with zero attached hydrogens (tertiary/aromatic N) is 3. The summed E-state index contributed by atoms with van der Waals surface area (Å²) < 4.78 is 5.25. The number of aryl methyl sites for hydroxylation is 1. The minimum atomic E-state index is 0.169. The SMILES string of the molecule is CCOc1nc(N)nc(-c2ccc(CC)cc2)n1. The van der Waals surface area contributed by atoms with Gasteiger partial charge in [-0.1, -0.05) is 31.2 Å². The highest BCUT2D eigenvalue weighted by Crippen LogP contribution is 2.18. The van der Waals surface area contributed by atoms with E-state index in [1.807, 2.05) is 19.1 Å². The molecule has 1 aromatic carbocycles. The Morgan fingerprint density at radius 2 is 1.78 bits per heavy atom. The van der Waals surface area contributed by atoms with Crippen molar-refractivity contribution in [2.45, 2.75) is 20.3 Å². The predicted octanol–water partition coefficient (Wildman–Crippen LogP) is 2.08. The molecule has 0 amide bonds. The van der Waals surface area contributed by atoms with E-state index in [1.165, 1.54) is 5.56 Å². The second kappa shape index (κ2) is 5.44. The fourth-order valence-corrected chi connectivity index (χ4v) is 1.58. The third-order valence-corrected chi connectivity index (χ3v) is 2.53. The average Bonchev–Trinajstić information content (AvgIpc) is 2.38. The molecule has 2 rings (SSSR count). The van der Waals surface area contributed by atoms with E-state index in [-0.39, 0.29) is 12.0 Å². The van der Waals surface area contributed by atoms with E-state index in [0.29, 0.717) is 12.4 Å². The molecule has 0 aliphatic rings. The van der Waals surface area contributed by atoms with Crippen molar-refractivity contribution in [3.63, 3.8) is 0 Å². The molecule has 18 heavy (non-hydrogen) atoms. The third kappa shape index (κ3) is 2.74. The van der Waals surface area contributed by atoms with Gasteiger partial charge in [-0.2, -0.15) is 15.0 Å². The predicted molar refractivity (Wildman–Crippen MR) is 70.2 cm³/mol. The molecular formula is C13H16N4O. The van der Waals surface area contributed by atoms with Gasteiger partial charge >= 0.3 is 6.01 Å². The molecule has 1 aromatic heterocycles. The summed E-state index contributed by atoms with van der Waals surface area (Å²) in [5.74, 6) is 0.705. The Hall–Kier alpha value is -2.17. The van der Waals surface area contributed by atoms with Crippen LogP contribution in [0, 0.1) is 0 Å². The van der Waals surface area contributed by atoms with Crippen LogP contribution in [0.1, 0.15) is 19.4 Å². The molecule has 2 aromatic rings. The number of hydrogen-bond acceptors (Lipinski definition) is 5. The molecule has 0 saturated heterocycles. The molecule has 5 heteroatoms. The maximum absolute atomic E-state index is 5.64. The maximum atomic E-state index is 5.64. The average molecular weight is 244 g/mol. The molecule has 0 radical (unpaired) electrons. The van der Waals surface area contributed by atoms with E-state index in [9.17, 15) is 0 Å². The van der Waals surface area contributed by atoms with Crippen LogP contribution in [0.3, 0.4) is 0 Å². The van der Waals surface area contributed by atoms with Gasteiger partial charge < -0.3 is 10.5 Å². The molecular weight excluding hydrogens is 228 g/mol. The molecule has 5 nitrogen and oxygen atoms in total. The third-order valence-electron chi connectivity index (χ3n) is 2.53. The van der Waals surface area contributed by atoms with E-state index in [1.54, 1.807) is 0 Å². The molecule has 0 bridgehead atoms. The molecule has 0 fully saturated rings. The fourth-order valence-electron chi connectivity index (χ4n) is 1.58. The minimum Gasteiger partial charge on any atom is -0.464 e. The van der Waals surface area contributed by atoms with Gasteiger partial charge in [0.05, 0.1) is 6.61 Å². The first kappa shape index (κ1) is 12.3. The molecule has 0 unspecified atom stereocenters. The zero-order valence-corrected chi connectivity index (χ0v) is 10.6. The number of benzene rings is 1. The Morgan fingerprint density at radius 1 is 1.06 bits per heavy atom. The van der Waals surface area contributed by atoms with Crippen LogP contribution in [0.25, 0.3) is 11.4 Å². The van der Waals surface area contributed by atoms with Crippen molar-refractivity contribution < 1.29 is 4.74 Å². The maximum Gasteiger partial charge on any atom is 0.321 e. The Labute approximate surface area is 106 Å². The summed E-state index contributed by atoms with van der Waals surface area (Å²) in [4.78, 5) is 12.3. The summed E-state index contributed by atoms with van der Waals surface area (Å²) in [5.41, 5.74) is 7.82. The Morgan fingerprint density at radius 3 is 2.39 bits per heavy atom. The van der Waals surface area contributed by atoms with Crippen LogP contribution in [-0.2, 0) is 6.42 Å². The van der Waals surface area contributed by atoms with Crippen molar-refractivity contribution in [3.05, 3.63) is 29.8 Å². The van der Waals surface area contributed by atoms with Gasteiger partial charge in [0, 0.05) is 5.56 Å². The molecule has 0 saturated carbocycles. The minimum absolute atomic E-state index is 0.169. The zero-order chi connectivity index (χ0) is 13.0. The van der Waals surface area contributed by atoms with Crippen molar-refractivity contribution in [2.75, 3.05) is 12.3 Å². The van der Waals surface area contributed by atoms with Gasteiger partial charge in [-0.3, -0.25) is 0 Å². The lowest BCUT2D eigenvalue weighted by atomic mass is 10.1. The highest BCUT2D eigenvalue weighted by molar-refractivity contribution is 5.56. The number of rotatable bonds is 4. The number of aromatic nitrogens is 3. The van der Waals surface area contributed by atoms with Gasteiger partial charge in [0.25, 0.3) is 0 Å². The summed E-state index contributed by atoms with van der Waals surface area (Å²) in [6.07, 6.45) is 1.00. The largest absolute Gasteiger partial charge is 0.464 e. The molecule has 0 aliphatic heterocycles. The lowest BCUT2D eigenvalue weighted by Gasteiger charge is -2.05. The monoisotopic (exact) mass is 244 g/mol. The number of hydrogen-bond donors (Lipinski definition) is 1. The number of nitrogens with two attached hydrogens (primary N) is 1. The van der Waals surface area contributed by atoms with Crippen LogP contribution >= 0.6 is 0 Å². The summed E-state index contributed by atoms with van der Waals surface area (Å²) in [7, 11) is 0. The fraction of sp³-hybridized carbons (Fsp3) is 0.308. The van der Waals surface area contributed by atoms with Crippen molar-refractivity contribution in [2.24, 2.45) is 0 Å². The number of nitrogen functional groups attached to an aromatic ring is 1. The van der Waals surface area contributed by atoms with Crippen LogP contribution in [0.5, 0.6) is 6.01 Å². The highest BCUT2D eigenvalue weighted by atomic mass is 16.5. The van der Waals surface area contributed by atoms with Gasteiger partial charge in [-0.05, 0) is 18.9 Å². The van der Waals surface area contributed by atoms with Gasteiger partial charge in [-0.15, -0.1) is 0 Å². The van der Waals surface area contributed by atoms with Gasteiger partial charge in [0.15, 0.2) is 5.82 Å². The van der Waals surface area contributed by atoms with Crippen molar-refractivity contribution in [3.8, 4) is 17.4 Å². The first-order valence-corrected chi connectivity index (χ1v) is 5.96. The van der Waals surface area contributed by atoms with Crippen LogP contribution in [-0.4, -0.2) is 21.6 Å². The number of anilines is 1. The van der Waals surface area contributed by atoms with E-state index in [4.69, 9.17) is 10.5 Å². The second-order valence-electron chi connectivity index (χ2n) is 3.78. The zero-order valence-electron chi connectivity index (χ0n) is 10.6. The van der Waals surface area contributed by atoms with Crippen LogP contribution in [0.4, 0.5) is 5.95 Å². The summed E-state index contributed by atoms with van der Waals surface area (Å²) in [6.45, 7) is 4.48. The summed E-state index contributed by atoms with van der Waals surface area (Å²) in [6, 6.07) is 8.32. The molecule has 0 aliphatic carbocycles. The van der Waals surface area contributed by atoms with E-state index in [2.05, 4.69) is 34.0 Å². The second-order valence-corrected chi connectivity index (χ2v) is 3.78. The standard InChI is InChI=1S/C13H16N4O/c1-3-9-5-7-10(8-6-9)11-15-12(14)17-13(16-11)18-4-2/h5-8H,3-4H2,1-2H3,(H2,14,15,16,17). The van der Waals surface area contributed by atoms with E-state index >= 15 is 0 Å². The Kier molecular flexibility index (Phi) is 3.72. The van der Waals surface area contributed by atoms with Gasteiger partial charge in [-0.25, -0.2) is 0 Å². The van der Waals surface area contributed by atoms with Crippen LogP contribution in [0.15, 0.2) is 24.3 Å². The molecule has 0 atom stereocenters. The van der Waals surface area contributed by atoms with Gasteiger partial charge in [0.1, 0.15) is 0 Å². The highest BCUT2D eigenvalue weighted by Gasteiger charge is 2.07. The van der Waals surface area contributed by atoms with E-state index in [0.717, 1.165) is 12.0 Å². The molecule has 94 valence electrons. The van der Waals surface area contributed by atoms with E-state index < -0.39 is 0 Å². The molecule has 0 spiro atoms. The normalized spacial score (nSPS) is 10.3. The number of ether oxygens (including phenoxy) is 1. The lowest BCUT2D eigenvalue weighted by Crippen LogP contribution is -2.04. The topological polar surface area (TPSA) is 73.9 Å². The van der Waals surface area contributed by atoms with Crippen molar-refractivity contribution in [1.82, 2.24) is 15.0 Å².